The Morgan fingerprint density at radius 1 is 1.18 bits per heavy atom. The number of nitrogens with zero attached hydrogens (tertiary/aromatic N) is 4. The molecule has 2 aliphatic rings. The lowest BCUT2D eigenvalue weighted by molar-refractivity contribution is 0.0741. The van der Waals surface area contributed by atoms with Crippen LogP contribution in [0, 0.1) is 17.6 Å². The number of hydrogen-bond acceptors (Lipinski definition) is 5. The first-order chi connectivity index (χ1) is 18.2. The Kier molecular flexibility index (Phi) is 7.31. The molecule has 0 bridgehead atoms. The molecule has 2 atom stereocenters. The van der Waals surface area contributed by atoms with Crippen LogP contribution >= 0.6 is 0 Å². The van der Waals surface area contributed by atoms with E-state index in [0.717, 1.165) is 30.5 Å². The Bertz CT molecular complexity index is 1340. The van der Waals surface area contributed by atoms with Gasteiger partial charge in [-0.2, -0.15) is 0 Å². The standard InChI is InChI=1S/C29H37F2N5O2.H2/c1-6-18-15-34(4)16-23(18)21-12-20(17(2)3)26(31)27-22(21)13-24(33-27)29(37)36-9-7-35(8-10-36)28-25(38-5)11-19(30)14-32-28;/h11-14,17-18,23,33H,6-10,15-16H2,1-5H3;1H/t18-,23?;/m1./s1. The number of carbonyl (C=O) groups excluding carboxylic acids is 1. The fourth-order valence-electron chi connectivity index (χ4n) is 6.10. The minimum Gasteiger partial charge on any atom is -0.493 e. The zero-order chi connectivity index (χ0) is 27.1. The number of likely N-dealkylation sites (tertiary alicyclic amines) is 1. The summed E-state index contributed by atoms with van der Waals surface area (Å²) in [5.74, 6) is 0.881. The quantitative estimate of drug-likeness (QED) is 0.475. The summed E-state index contributed by atoms with van der Waals surface area (Å²) in [6.07, 6.45) is 2.22. The Labute approximate surface area is 224 Å². The molecule has 0 saturated carbocycles. The van der Waals surface area contributed by atoms with Crippen molar-refractivity contribution in [2.45, 2.75) is 39.0 Å². The second-order valence-electron chi connectivity index (χ2n) is 11.0. The van der Waals surface area contributed by atoms with Crippen molar-refractivity contribution >= 4 is 22.6 Å². The lowest BCUT2D eigenvalue weighted by Gasteiger charge is -2.35. The predicted molar refractivity (Wildman–Crippen MR) is 147 cm³/mol. The molecule has 206 valence electrons. The Morgan fingerprint density at radius 2 is 1.92 bits per heavy atom. The number of amides is 1. The number of fused-ring (bicyclic) bond motifs is 1. The fraction of sp³-hybridized carbons (Fsp3) is 0.517. The molecule has 2 fully saturated rings. The van der Waals surface area contributed by atoms with Crippen molar-refractivity contribution in [1.82, 2.24) is 19.8 Å². The van der Waals surface area contributed by atoms with Gasteiger partial charge in [0, 0.05) is 58.1 Å². The van der Waals surface area contributed by atoms with Crippen LogP contribution in [-0.4, -0.2) is 79.1 Å². The molecule has 2 saturated heterocycles. The average molecular weight is 528 g/mol. The lowest BCUT2D eigenvalue weighted by atomic mass is 9.83. The van der Waals surface area contributed by atoms with E-state index < -0.39 is 5.82 Å². The van der Waals surface area contributed by atoms with Gasteiger partial charge >= 0.3 is 0 Å². The van der Waals surface area contributed by atoms with Crippen LogP contribution in [0.15, 0.2) is 24.4 Å². The molecule has 7 nitrogen and oxygen atoms in total. The van der Waals surface area contributed by atoms with Gasteiger partial charge in [-0.05, 0) is 36.1 Å². The van der Waals surface area contributed by atoms with Crippen molar-refractivity contribution in [3.63, 3.8) is 0 Å². The first-order valence-corrected chi connectivity index (χ1v) is 13.5. The molecule has 1 unspecified atom stereocenters. The molecule has 0 spiro atoms. The number of nitrogens with one attached hydrogen (secondary N) is 1. The molecule has 4 heterocycles. The molecule has 1 N–H and O–H groups in total. The van der Waals surface area contributed by atoms with Crippen LogP contribution in [0.1, 0.15) is 62.1 Å². The molecule has 1 amide bonds. The number of methoxy groups -OCH3 is 1. The molecule has 3 aromatic rings. The van der Waals surface area contributed by atoms with E-state index in [1.807, 2.05) is 30.9 Å². The van der Waals surface area contributed by atoms with Crippen molar-refractivity contribution in [3.8, 4) is 5.75 Å². The summed E-state index contributed by atoms with van der Waals surface area (Å²) in [6.45, 7) is 10.2. The number of halogens is 2. The number of piperazine rings is 1. The van der Waals surface area contributed by atoms with Crippen LogP contribution < -0.4 is 9.64 Å². The van der Waals surface area contributed by atoms with Crippen molar-refractivity contribution in [2.24, 2.45) is 5.92 Å². The van der Waals surface area contributed by atoms with Gasteiger partial charge < -0.3 is 24.4 Å². The lowest BCUT2D eigenvalue weighted by Crippen LogP contribution is -2.49. The van der Waals surface area contributed by atoms with Crippen LogP contribution in [0.3, 0.4) is 0 Å². The molecule has 2 aromatic heterocycles. The maximum atomic E-state index is 15.7. The Morgan fingerprint density at radius 3 is 2.58 bits per heavy atom. The van der Waals surface area contributed by atoms with Gasteiger partial charge in [-0.15, -0.1) is 0 Å². The van der Waals surface area contributed by atoms with Crippen molar-refractivity contribution < 1.29 is 19.7 Å². The highest BCUT2D eigenvalue weighted by Crippen LogP contribution is 2.40. The second kappa shape index (κ2) is 10.5. The highest BCUT2D eigenvalue weighted by molar-refractivity contribution is 5.99. The van der Waals surface area contributed by atoms with Crippen LogP contribution in [0.5, 0.6) is 5.75 Å². The summed E-state index contributed by atoms with van der Waals surface area (Å²) in [6, 6.07) is 5.20. The highest BCUT2D eigenvalue weighted by atomic mass is 19.1. The number of ether oxygens (including phenoxy) is 1. The van der Waals surface area contributed by atoms with E-state index in [4.69, 9.17) is 4.74 Å². The third-order valence-electron chi connectivity index (χ3n) is 8.20. The first-order valence-electron chi connectivity index (χ1n) is 13.5. The summed E-state index contributed by atoms with van der Waals surface area (Å²) >= 11 is 0. The summed E-state index contributed by atoms with van der Waals surface area (Å²) in [4.78, 5) is 27.0. The number of carbonyl (C=O) groups is 1. The Hall–Kier alpha value is -3.20. The largest absolute Gasteiger partial charge is 0.493 e. The normalized spacial score (nSPS) is 20.6. The molecular formula is C29H39F2N5O2. The van der Waals surface area contributed by atoms with Crippen molar-refractivity contribution in [2.75, 3.05) is 58.3 Å². The number of aromatic nitrogens is 2. The number of aromatic amines is 1. The van der Waals surface area contributed by atoms with E-state index in [-0.39, 0.29) is 19.1 Å². The molecule has 0 radical (unpaired) electrons. The van der Waals surface area contributed by atoms with E-state index in [2.05, 4.69) is 28.8 Å². The van der Waals surface area contributed by atoms with Gasteiger partial charge in [-0.3, -0.25) is 4.79 Å². The molecule has 9 heteroatoms. The van der Waals surface area contributed by atoms with Gasteiger partial charge in [0.2, 0.25) is 0 Å². The minimum absolute atomic E-state index is 0. The van der Waals surface area contributed by atoms with Gasteiger partial charge in [-0.1, -0.05) is 33.3 Å². The third-order valence-corrected chi connectivity index (χ3v) is 8.20. The molecular weight excluding hydrogens is 488 g/mol. The van der Waals surface area contributed by atoms with Gasteiger partial charge in [0.25, 0.3) is 5.91 Å². The van der Waals surface area contributed by atoms with Gasteiger partial charge in [0.05, 0.1) is 18.8 Å². The number of likely N-dealkylation sites (N-methyl/N-ethyl adjacent to an activating group) is 1. The van der Waals surface area contributed by atoms with E-state index >= 15 is 4.39 Å². The monoisotopic (exact) mass is 527 g/mol. The summed E-state index contributed by atoms with van der Waals surface area (Å²) < 4.78 is 34.6. The van der Waals surface area contributed by atoms with Crippen LogP contribution in [0.2, 0.25) is 0 Å². The summed E-state index contributed by atoms with van der Waals surface area (Å²) in [7, 11) is 3.62. The van der Waals surface area contributed by atoms with Crippen LogP contribution in [0.25, 0.3) is 10.9 Å². The third kappa shape index (κ3) is 4.72. The predicted octanol–water partition coefficient (Wildman–Crippen LogP) is 5.24. The molecule has 38 heavy (non-hydrogen) atoms. The zero-order valence-corrected chi connectivity index (χ0v) is 22.9. The highest BCUT2D eigenvalue weighted by Gasteiger charge is 2.34. The number of H-pyrrole nitrogens is 1. The van der Waals surface area contributed by atoms with E-state index in [1.165, 1.54) is 19.4 Å². The van der Waals surface area contributed by atoms with E-state index in [0.29, 0.717) is 66.4 Å². The maximum Gasteiger partial charge on any atom is 0.270 e. The SMILES string of the molecule is CC[C@@H]1CN(C)CC1c1cc(C(C)C)c(F)c2[nH]c(C(=O)N3CCN(c4ncc(F)cc4OC)CC3)cc12.[HH]. The van der Waals surface area contributed by atoms with E-state index in [9.17, 15) is 9.18 Å². The number of anilines is 1. The summed E-state index contributed by atoms with van der Waals surface area (Å²) in [5.41, 5.74) is 2.66. The topological polar surface area (TPSA) is 64.7 Å². The average Bonchev–Trinajstić information content (AvgIpc) is 3.52. The number of benzene rings is 1. The number of rotatable bonds is 6. The van der Waals surface area contributed by atoms with Crippen molar-refractivity contribution in [3.05, 3.63) is 52.9 Å². The fourth-order valence-corrected chi connectivity index (χ4v) is 6.10. The molecule has 0 aliphatic carbocycles. The van der Waals surface area contributed by atoms with Gasteiger partial charge in [0.1, 0.15) is 11.5 Å². The molecule has 5 rings (SSSR count). The second-order valence-corrected chi connectivity index (χ2v) is 11.0. The first kappa shape index (κ1) is 26.4. The minimum atomic E-state index is -0.458. The molecule has 2 aliphatic heterocycles. The zero-order valence-electron chi connectivity index (χ0n) is 22.9. The summed E-state index contributed by atoms with van der Waals surface area (Å²) in [5, 5.41) is 0.813. The number of hydrogen-bond donors (Lipinski definition) is 1. The smallest absolute Gasteiger partial charge is 0.270 e. The van der Waals surface area contributed by atoms with E-state index in [1.54, 1.807) is 4.90 Å². The maximum absolute atomic E-state index is 15.7. The van der Waals surface area contributed by atoms with Gasteiger partial charge in [-0.25, -0.2) is 13.8 Å². The van der Waals surface area contributed by atoms with Gasteiger partial charge in [0.15, 0.2) is 17.4 Å². The van der Waals surface area contributed by atoms with Crippen molar-refractivity contribution in [1.29, 1.82) is 0 Å². The van der Waals surface area contributed by atoms with Crippen LogP contribution in [0.4, 0.5) is 14.6 Å². The van der Waals surface area contributed by atoms with Crippen LogP contribution in [-0.2, 0) is 0 Å². The number of pyridine rings is 1. The molecule has 1 aromatic carbocycles. The Balaban J connectivity index is 0.00000353.